The van der Waals surface area contributed by atoms with E-state index >= 15 is 0 Å². The molecule has 6 heteroatoms. The number of hydrogen-bond donors (Lipinski definition) is 2. The van der Waals surface area contributed by atoms with E-state index < -0.39 is 0 Å². The summed E-state index contributed by atoms with van der Waals surface area (Å²) >= 11 is 4.30. The predicted octanol–water partition coefficient (Wildman–Crippen LogP) is 3.89. The van der Waals surface area contributed by atoms with Crippen molar-refractivity contribution < 1.29 is 9.84 Å². The number of benzene rings is 2. The van der Waals surface area contributed by atoms with Crippen molar-refractivity contribution in [1.82, 2.24) is 14.9 Å². The molecule has 0 bridgehead atoms. The molecule has 0 saturated heterocycles. The van der Waals surface area contributed by atoms with Crippen LogP contribution in [-0.4, -0.2) is 33.1 Å². The SMILES string of the molecule is CN1Cc2c(O)nc(S)nc2CC12c1ccccc1CCC2OCc1ccccc1. The van der Waals surface area contributed by atoms with Gasteiger partial charge in [-0.05, 0) is 36.6 Å². The molecule has 5 rings (SSSR count). The molecule has 0 radical (unpaired) electrons. The van der Waals surface area contributed by atoms with E-state index in [1.807, 2.05) is 18.2 Å². The standard InChI is InChI=1S/C24H25N3O2S/c1-27-14-18-20(25-23(30)26-22(18)28)13-24(27)19-10-6-5-9-17(19)11-12-21(24)29-15-16-7-3-2-4-8-16/h2-10,21H,11-15H2,1H3,(H2,25,26,28,30). The molecule has 3 aromatic rings. The van der Waals surface area contributed by atoms with Gasteiger partial charge in [-0.3, -0.25) is 4.90 Å². The van der Waals surface area contributed by atoms with Crippen molar-refractivity contribution in [2.24, 2.45) is 0 Å². The molecule has 2 aromatic carbocycles. The van der Waals surface area contributed by atoms with Gasteiger partial charge in [0.2, 0.25) is 5.88 Å². The Morgan fingerprint density at radius 3 is 2.73 bits per heavy atom. The highest BCUT2D eigenvalue weighted by molar-refractivity contribution is 7.80. The number of likely N-dealkylation sites (N-methyl/N-ethyl adjacent to an activating group) is 1. The van der Waals surface area contributed by atoms with Crippen LogP contribution < -0.4 is 0 Å². The topological polar surface area (TPSA) is 58.5 Å². The van der Waals surface area contributed by atoms with Gasteiger partial charge in [0, 0.05) is 18.5 Å². The molecule has 1 N–H and O–H groups in total. The Kier molecular flexibility index (Phi) is 5.01. The maximum atomic E-state index is 10.4. The van der Waals surface area contributed by atoms with Gasteiger partial charge < -0.3 is 9.84 Å². The van der Waals surface area contributed by atoms with Crippen molar-refractivity contribution in [3.8, 4) is 5.88 Å². The second-order valence-corrected chi connectivity index (χ2v) is 8.61. The first-order chi connectivity index (χ1) is 14.6. The van der Waals surface area contributed by atoms with E-state index in [2.05, 4.69) is 70.9 Å². The largest absolute Gasteiger partial charge is 0.493 e. The molecule has 5 nitrogen and oxygen atoms in total. The molecule has 154 valence electrons. The highest BCUT2D eigenvalue weighted by atomic mass is 32.1. The number of hydrogen-bond acceptors (Lipinski definition) is 6. The summed E-state index contributed by atoms with van der Waals surface area (Å²) in [5.41, 5.74) is 5.11. The van der Waals surface area contributed by atoms with Crippen molar-refractivity contribution in [3.63, 3.8) is 0 Å². The number of nitrogens with zero attached hydrogens (tertiary/aromatic N) is 3. The number of aromatic hydroxyl groups is 1. The van der Waals surface area contributed by atoms with Crippen LogP contribution in [0.15, 0.2) is 59.8 Å². The summed E-state index contributed by atoms with van der Waals surface area (Å²) in [5, 5.41) is 10.7. The third-order valence-electron chi connectivity index (χ3n) is 6.56. The maximum absolute atomic E-state index is 10.4. The van der Waals surface area contributed by atoms with Gasteiger partial charge in [0.25, 0.3) is 0 Å². The minimum Gasteiger partial charge on any atom is -0.493 e. The number of ether oxygens (including phenoxy) is 1. The number of aryl methyl sites for hydroxylation is 1. The van der Waals surface area contributed by atoms with Crippen LogP contribution >= 0.6 is 12.6 Å². The molecule has 2 heterocycles. The smallest absolute Gasteiger partial charge is 0.219 e. The first kappa shape index (κ1) is 19.5. The number of rotatable bonds is 3. The summed E-state index contributed by atoms with van der Waals surface area (Å²) in [6.45, 7) is 1.14. The second-order valence-electron chi connectivity index (χ2n) is 8.21. The maximum Gasteiger partial charge on any atom is 0.219 e. The fourth-order valence-corrected chi connectivity index (χ4v) is 5.31. The third kappa shape index (κ3) is 3.20. The normalized spacial score (nSPS) is 23.2. The average Bonchev–Trinajstić information content (AvgIpc) is 2.75. The zero-order valence-corrected chi connectivity index (χ0v) is 17.8. The highest BCUT2D eigenvalue weighted by Crippen LogP contribution is 2.48. The zero-order valence-electron chi connectivity index (χ0n) is 17.0. The molecular weight excluding hydrogens is 394 g/mol. The molecule has 0 amide bonds. The van der Waals surface area contributed by atoms with Crippen molar-refractivity contribution in [1.29, 1.82) is 0 Å². The third-order valence-corrected chi connectivity index (χ3v) is 6.76. The number of aromatic nitrogens is 2. The van der Waals surface area contributed by atoms with Gasteiger partial charge in [0.1, 0.15) is 0 Å². The molecule has 2 atom stereocenters. The van der Waals surface area contributed by atoms with Gasteiger partial charge in [-0.15, -0.1) is 12.6 Å². The molecule has 1 spiro atoms. The van der Waals surface area contributed by atoms with Gasteiger partial charge in [-0.25, -0.2) is 4.98 Å². The Morgan fingerprint density at radius 2 is 1.90 bits per heavy atom. The number of fused-ring (bicyclic) bond motifs is 3. The minimum atomic E-state index is -0.350. The van der Waals surface area contributed by atoms with Gasteiger partial charge in [-0.2, -0.15) is 4.98 Å². The van der Waals surface area contributed by atoms with Gasteiger partial charge in [0.15, 0.2) is 5.16 Å². The lowest BCUT2D eigenvalue weighted by molar-refractivity contribution is -0.0961. The monoisotopic (exact) mass is 419 g/mol. The summed E-state index contributed by atoms with van der Waals surface area (Å²) in [6, 6.07) is 19.0. The fourth-order valence-electron chi connectivity index (χ4n) is 5.09. The Hall–Kier alpha value is -2.41. The van der Waals surface area contributed by atoms with E-state index in [9.17, 15) is 5.11 Å². The average molecular weight is 420 g/mol. The quantitative estimate of drug-likeness (QED) is 0.498. The summed E-state index contributed by atoms with van der Waals surface area (Å²) < 4.78 is 6.60. The van der Waals surface area contributed by atoms with E-state index in [4.69, 9.17) is 4.74 Å². The van der Waals surface area contributed by atoms with Crippen molar-refractivity contribution in [2.75, 3.05) is 7.05 Å². The van der Waals surface area contributed by atoms with Crippen LogP contribution in [0.3, 0.4) is 0 Å². The van der Waals surface area contributed by atoms with Crippen LogP contribution in [0, 0.1) is 0 Å². The van der Waals surface area contributed by atoms with Crippen molar-refractivity contribution in [3.05, 3.63) is 82.5 Å². The van der Waals surface area contributed by atoms with E-state index in [0.717, 1.165) is 24.1 Å². The highest BCUT2D eigenvalue weighted by Gasteiger charge is 2.51. The van der Waals surface area contributed by atoms with Crippen LogP contribution in [0.25, 0.3) is 0 Å². The number of thiol groups is 1. The Labute approximate surface area is 182 Å². The minimum absolute atomic E-state index is 0.00577. The summed E-state index contributed by atoms with van der Waals surface area (Å²) in [7, 11) is 2.11. The van der Waals surface area contributed by atoms with Crippen LogP contribution in [0.5, 0.6) is 5.88 Å². The molecule has 0 saturated carbocycles. The van der Waals surface area contributed by atoms with E-state index in [-0.39, 0.29) is 17.5 Å². The Balaban J connectivity index is 1.58. The molecule has 1 aliphatic heterocycles. The van der Waals surface area contributed by atoms with Gasteiger partial charge in [0.05, 0.1) is 23.9 Å². The molecule has 0 fully saturated rings. The Bertz CT molecular complexity index is 1080. The molecular formula is C24H25N3O2S. The molecule has 2 aliphatic rings. The lowest BCUT2D eigenvalue weighted by Gasteiger charge is -2.53. The van der Waals surface area contributed by atoms with E-state index in [1.165, 1.54) is 16.7 Å². The lowest BCUT2D eigenvalue weighted by Crippen LogP contribution is -2.59. The summed E-state index contributed by atoms with van der Waals surface area (Å²) in [4.78, 5) is 10.9. The fraction of sp³-hybridized carbons (Fsp3) is 0.333. The molecule has 1 aliphatic carbocycles. The van der Waals surface area contributed by atoms with E-state index in [0.29, 0.717) is 24.7 Å². The summed E-state index contributed by atoms with van der Waals surface area (Å²) in [6.07, 6.45) is 2.59. The van der Waals surface area contributed by atoms with Crippen LogP contribution in [-0.2, 0) is 36.3 Å². The first-order valence-corrected chi connectivity index (χ1v) is 10.8. The van der Waals surface area contributed by atoms with Crippen molar-refractivity contribution >= 4 is 12.6 Å². The van der Waals surface area contributed by atoms with Crippen LogP contribution in [0.2, 0.25) is 0 Å². The van der Waals surface area contributed by atoms with Gasteiger partial charge in [-0.1, -0.05) is 54.6 Å². The molecule has 1 aromatic heterocycles. The van der Waals surface area contributed by atoms with Gasteiger partial charge >= 0.3 is 0 Å². The van der Waals surface area contributed by atoms with Crippen molar-refractivity contribution in [2.45, 2.75) is 49.2 Å². The van der Waals surface area contributed by atoms with E-state index in [1.54, 1.807) is 0 Å². The lowest BCUT2D eigenvalue weighted by atomic mass is 9.69. The second kappa shape index (κ2) is 7.69. The van der Waals surface area contributed by atoms with Crippen LogP contribution in [0.4, 0.5) is 0 Å². The van der Waals surface area contributed by atoms with Crippen LogP contribution in [0.1, 0.15) is 34.4 Å². The molecule has 30 heavy (non-hydrogen) atoms. The first-order valence-electron chi connectivity index (χ1n) is 10.3. The zero-order chi connectivity index (χ0) is 20.7. The Morgan fingerprint density at radius 1 is 1.13 bits per heavy atom. The predicted molar refractivity (Wildman–Crippen MR) is 118 cm³/mol. The molecule has 2 unspecified atom stereocenters. The summed E-state index contributed by atoms with van der Waals surface area (Å²) in [5.74, 6) is 0.0255.